The fourth-order valence-corrected chi connectivity index (χ4v) is 2.03. The molecule has 0 radical (unpaired) electrons. The molecule has 1 unspecified atom stereocenters. The Morgan fingerprint density at radius 3 is 3.08 bits per heavy atom. The second kappa shape index (κ2) is 2.91. The number of fused-ring (bicyclic) bond motifs is 1. The van der Waals surface area contributed by atoms with Gasteiger partial charge in [0.1, 0.15) is 0 Å². The lowest BCUT2D eigenvalue weighted by molar-refractivity contribution is 0.575. The van der Waals surface area contributed by atoms with Crippen LogP contribution in [-0.2, 0) is 12.8 Å². The van der Waals surface area contributed by atoms with E-state index in [1.807, 2.05) is 0 Å². The Morgan fingerprint density at radius 2 is 2.25 bits per heavy atom. The molecule has 1 heteroatoms. The molecule has 2 rings (SSSR count). The number of aryl methyl sites for hydroxylation is 1. The lowest BCUT2D eigenvalue weighted by atomic mass is 9.86. The van der Waals surface area contributed by atoms with E-state index in [2.05, 4.69) is 25.1 Å². The summed E-state index contributed by atoms with van der Waals surface area (Å²) in [6.45, 7) is 2.19. The molecule has 0 aromatic heterocycles. The van der Waals surface area contributed by atoms with Gasteiger partial charge in [-0.2, -0.15) is 0 Å². The molecule has 0 heterocycles. The topological polar surface area (TPSA) is 26.0 Å². The maximum Gasteiger partial charge on any atom is 0.00825 e. The van der Waals surface area contributed by atoms with E-state index in [0.717, 1.165) is 12.8 Å². The maximum absolute atomic E-state index is 5.90. The van der Waals surface area contributed by atoms with Crippen LogP contribution < -0.4 is 5.73 Å². The van der Waals surface area contributed by atoms with Crippen LogP contribution in [0.3, 0.4) is 0 Å². The summed E-state index contributed by atoms with van der Waals surface area (Å²) in [5.41, 5.74) is 10.3. The molecule has 1 nitrogen and oxygen atoms in total. The van der Waals surface area contributed by atoms with Crippen molar-refractivity contribution in [2.75, 3.05) is 0 Å². The largest absolute Gasteiger partial charge is 0.327 e. The quantitative estimate of drug-likeness (QED) is 0.617. The SMILES string of the molecule is Cc1cccc2c1CCC(N)C2. The Bertz CT molecular complexity index is 291. The molecule has 0 aliphatic heterocycles. The van der Waals surface area contributed by atoms with Crippen molar-refractivity contribution in [3.8, 4) is 0 Å². The van der Waals surface area contributed by atoms with Crippen LogP contribution in [0.1, 0.15) is 23.1 Å². The lowest BCUT2D eigenvalue weighted by Crippen LogP contribution is -2.28. The van der Waals surface area contributed by atoms with Gasteiger partial charge in [-0.25, -0.2) is 0 Å². The van der Waals surface area contributed by atoms with Gasteiger partial charge in [0.15, 0.2) is 0 Å². The third-order valence-electron chi connectivity index (χ3n) is 2.75. The minimum Gasteiger partial charge on any atom is -0.327 e. The second-order valence-corrected chi connectivity index (χ2v) is 3.72. The van der Waals surface area contributed by atoms with Crippen molar-refractivity contribution >= 4 is 0 Å². The Balaban J connectivity index is 2.42. The van der Waals surface area contributed by atoms with Gasteiger partial charge in [-0.15, -0.1) is 0 Å². The van der Waals surface area contributed by atoms with Gasteiger partial charge in [-0.1, -0.05) is 18.2 Å². The van der Waals surface area contributed by atoms with Crippen molar-refractivity contribution in [2.45, 2.75) is 32.2 Å². The number of hydrogen-bond donors (Lipinski definition) is 1. The molecular weight excluding hydrogens is 146 g/mol. The van der Waals surface area contributed by atoms with E-state index >= 15 is 0 Å². The molecule has 0 spiro atoms. The molecule has 64 valence electrons. The van der Waals surface area contributed by atoms with Gasteiger partial charge in [0.05, 0.1) is 0 Å². The van der Waals surface area contributed by atoms with Crippen LogP contribution in [0, 0.1) is 6.92 Å². The fraction of sp³-hybridized carbons (Fsp3) is 0.455. The summed E-state index contributed by atoms with van der Waals surface area (Å²) in [6.07, 6.45) is 3.39. The molecular formula is C11H15N. The molecule has 0 saturated heterocycles. The summed E-state index contributed by atoms with van der Waals surface area (Å²) in [5.74, 6) is 0. The lowest BCUT2D eigenvalue weighted by Gasteiger charge is -2.22. The minimum absolute atomic E-state index is 0.388. The van der Waals surface area contributed by atoms with Gasteiger partial charge in [0.25, 0.3) is 0 Å². The first-order chi connectivity index (χ1) is 5.77. The van der Waals surface area contributed by atoms with Crippen molar-refractivity contribution in [3.05, 3.63) is 34.9 Å². The number of hydrogen-bond acceptors (Lipinski definition) is 1. The molecule has 12 heavy (non-hydrogen) atoms. The third-order valence-corrected chi connectivity index (χ3v) is 2.75. The van der Waals surface area contributed by atoms with E-state index in [4.69, 9.17) is 5.73 Å². The predicted octanol–water partition coefficient (Wildman–Crippen LogP) is 1.81. The van der Waals surface area contributed by atoms with Crippen LogP contribution in [-0.4, -0.2) is 6.04 Å². The zero-order valence-electron chi connectivity index (χ0n) is 7.51. The van der Waals surface area contributed by atoms with E-state index in [1.54, 1.807) is 5.56 Å². The van der Waals surface area contributed by atoms with Crippen molar-refractivity contribution < 1.29 is 0 Å². The smallest absolute Gasteiger partial charge is 0.00825 e. The highest BCUT2D eigenvalue weighted by Crippen LogP contribution is 2.23. The van der Waals surface area contributed by atoms with Gasteiger partial charge in [0, 0.05) is 6.04 Å². The molecule has 0 saturated carbocycles. The summed E-state index contributed by atoms with van der Waals surface area (Å²) < 4.78 is 0. The number of benzene rings is 1. The zero-order valence-corrected chi connectivity index (χ0v) is 7.51. The summed E-state index contributed by atoms with van der Waals surface area (Å²) >= 11 is 0. The minimum atomic E-state index is 0.388. The normalized spacial score (nSPS) is 22.0. The van der Waals surface area contributed by atoms with Crippen LogP contribution >= 0.6 is 0 Å². The van der Waals surface area contributed by atoms with Crippen molar-refractivity contribution in [2.24, 2.45) is 5.73 Å². The second-order valence-electron chi connectivity index (χ2n) is 3.72. The number of nitrogens with two attached hydrogens (primary N) is 1. The van der Waals surface area contributed by atoms with Crippen LogP contribution in [0.4, 0.5) is 0 Å². The highest BCUT2D eigenvalue weighted by molar-refractivity contribution is 5.36. The third kappa shape index (κ3) is 1.25. The summed E-state index contributed by atoms with van der Waals surface area (Å²) in [5, 5.41) is 0. The predicted molar refractivity (Wildman–Crippen MR) is 51.2 cm³/mol. The van der Waals surface area contributed by atoms with Crippen molar-refractivity contribution in [1.29, 1.82) is 0 Å². The van der Waals surface area contributed by atoms with Crippen molar-refractivity contribution in [1.82, 2.24) is 0 Å². The van der Waals surface area contributed by atoms with Gasteiger partial charge in [-0.05, 0) is 42.9 Å². The Morgan fingerprint density at radius 1 is 1.42 bits per heavy atom. The molecule has 1 aliphatic carbocycles. The monoisotopic (exact) mass is 161 g/mol. The highest BCUT2D eigenvalue weighted by Gasteiger charge is 2.15. The molecule has 2 N–H and O–H groups in total. The fourth-order valence-electron chi connectivity index (χ4n) is 2.03. The van der Waals surface area contributed by atoms with Crippen LogP contribution in [0.2, 0.25) is 0 Å². The highest BCUT2D eigenvalue weighted by atomic mass is 14.6. The molecule has 1 aromatic rings. The van der Waals surface area contributed by atoms with E-state index in [0.29, 0.717) is 6.04 Å². The maximum atomic E-state index is 5.90. The van der Waals surface area contributed by atoms with Crippen LogP contribution in [0.25, 0.3) is 0 Å². The average molecular weight is 161 g/mol. The van der Waals surface area contributed by atoms with Gasteiger partial charge in [-0.3, -0.25) is 0 Å². The molecule has 0 fully saturated rings. The molecule has 1 aliphatic rings. The molecule has 1 atom stereocenters. The van der Waals surface area contributed by atoms with Gasteiger partial charge < -0.3 is 5.73 Å². The first-order valence-electron chi connectivity index (χ1n) is 4.60. The zero-order chi connectivity index (χ0) is 8.55. The van der Waals surface area contributed by atoms with Gasteiger partial charge in [0.2, 0.25) is 0 Å². The molecule has 0 bridgehead atoms. The first kappa shape index (κ1) is 7.81. The van der Waals surface area contributed by atoms with Crippen LogP contribution in [0.15, 0.2) is 18.2 Å². The van der Waals surface area contributed by atoms with Gasteiger partial charge >= 0.3 is 0 Å². The van der Waals surface area contributed by atoms with E-state index in [9.17, 15) is 0 Å². The standard InChI is InChI=1S/C11H15N/c1-8-3-2-4-9-7-10(12)5-6-11(8)9/h2-4,10H,5-7,12H2,1H3. The van der Waals surface area contributed by atoms with E-state index < -0.39 is 0 Å². The van der Waals surface area contributed by atoms with Crippen LogP contribution in [0.5, 0.6) is 0 Å². The Hall–Kier alpha value is -0.820. The average Bonchev–Trinajstić information content (AvgIpc) is 2.04. The summed E-state index contributed by atoms with van der Waals surface area (Å²) in [7, 11) is 0. The van der Waals surface area contributed by atoms with E-state index in [-0.39, 0.29) is 0 Å². The van der Waals surface area contributed by atoms with E-state index in [1.165, 1.54) is 17.5 Å². The Kier molecular flexibility index (Phi) is 1.89. The Labute approximate surface area is 73.6 Å². The molecule has 1 aromatic carbocycles. The summed E-state index contributed by atoms with van der Waals surface area (Å²) in [6, 6.07) is 6.92. The molecule has 0 amide bonds. The van der Waals surface area contributed by atoms with Crippen molar-refractivity contribution in [3.63, 3.8) is 0 Å². The first-order valence-corrected chi connectivity index (χ1v) is 4.60. The number of rotatable bonds is 0. The summed E-state index contributed by atoms with van der Waals surface area (Å²) in [4.78, 5) is 0.